The van der Waals surface area contributed by atoms with Gasteiger partial charge in [0.25, 0.3) is 0 Å². The summed E-state index contributed by atoms with van der Waals surface area (Å²) in [6, 6.07) is 2.75. The third kappa shape index (κ3) is 2.01. The second-order valence-electron chi connectivity index (χ2n) is 1.78. The van der Waals surface area contributed by atoms with E-state index in [-0.39, 0.29) is 12.4 Å². The van der Waals surface area contributed by atoms with Gasteiger partial charge in [-0.05, 0) is 12.1 Å². The summed E-state index contributed by atoms with van der Waals surface area (Å²) >= 11 is 0. The fraction of sp³-hybridized carbons (Fsp3) is 0.333. The average Bonchev–Trinajstić information content (AvgIpc) is 2.37. The predicted molar refractivity (Wildman–Crippen MR) is 38.9 cm³/mol. The van der Waals surface area contributed by atoms with Crippen molar-refractivity contribution in [2.24, 2.45) is 5.73 Å². The van der Waals surface area contributed by atoms with Crippen molar-refractivity contribution < 1.29 is 8.81 Å². The summed E-state index contributed by atoms with van der Waals surface area (Å²) in [6.45, 7) is -0.576. The molecular weight excluding hydrogens is 157 g/mol. The Morgan fingerprint density at radius 3 is 2.80 bits per heavy atom. The topological polar surface area (TPSA) is 39.2 Å². The molecule has 0 aromatic carbocycles. The van der Waals surface area contributed by atoms with Crippen molar-refractivity contribution in [2.45, 2.75) is 6.04 Å². The molecule has 0 bridgehead atoms. The van der Waals surface area contributed by atoms with E-state index in [1.807, 2.05) is 0 Å². The first-order valence-electron chi connectivity index (χ1n) is 2.69. The summed E-state index contributed by atoms with van der Waals surface area (Å²) in [7, 11) is 0. The molecule has 1 aromatic rings. The van der Waals surface area contributed by atoms with Gasteiger partial charge >= 0.3 is 0 Å². The standard InChI is InChI=1S/C6H8FNO.ClH/c7-4-5(8)6-2-1-3-9-6;/h1-3,5H,4,8H2;1H/t5-;/m0./s1. The van der Waals surface area contributed by atoms with Crippen LogP contribution in [0.1, 0.15) is 11.8 Å². The van der Waals surface area contributed by atoms with Gasteiger partial charge in [0.2, 0.25) is 0 Å². The van der Waals surface area contributed by atoms with Gasteiger partial charge < -0.3 is 10.2 Å². The lowest BCUT2D eigenvalue weighted by Gasteiger charge is -1.99. The second kappa shape index (κ2) is 4.30. The van der Waals surface area contributed by atoms with Crippen LogP contribution in [0.15, 0.2) is 22.8 Å². The fourth-order valence-corrected chi connectivity index (χ4v) is 0.578. The van der Waals surface area contributed by atoms with Crippen molar-refractivity contribution in [2.75, 3.05) is 6.67 Å². The largest absolute Gasteiger partial charge is 0.468 e. The molecule has 0 fully saturated rings. The van der Waals surface area contributed by atoms with Crippen LogP contribution in [-0.2, 0) is 0 Å². The van der Waals surface area contributed by atoms with E-state index in [2.05, 4.69) is 0 Å². The highest BCUT2D eigenvalue weighted by Crippen LogP contribution is 2.09. The molecular formula is C6H9ClFNO. The monoisotopic (exact) mass is 165 g/mol. The van der Waals surface area contributed by atoms with Gasteiger partial charge in [0.05, 0.1) is 12.3 Å². The van der Waals surface area contributed by atoms with Crippen molar-refractivity contribution in [3.05, 3.63) is 24.2 Å². The van der Waals surface area contributed by atoms with Crippen LogP contribution in [-0.4, -0.2) is 6.67 Å². The van der Waals surface area contributed by atoms with Crippen LogP contribution >= 0.6 is 12.4 Å². The Hall–Kier alpha value is -0.540. The van der Waals surface area contributed by atoms with E-state index in [9.17, 15) is 4.39 Å². The van der Waals surface area contributed by atoms with Crippen LogP contribution in [0.25, 0.3) is 0 Å². The quantitative estimate of drug-likeness (QED) is 0.724. The van der Waals surface area contributed by atoms with Gasteiger partial charge in [-0.3, -0.25) is 0 Å². The lowest BCUT2D eigenvalue weighted by molar-refractivity contribution is 0.381. The molecule has 1 atom stereocenters. The van der Waals surface area contributed by atoms with Crippen molar-refractivity contribution >= 4 is 12.4 Å². The molecule has 0 aliphatic heterocycles. The number of halogens is 2. The van der Waals surface area contributed by atoms with E-state index >= 15 is 0 Å². The van der Waals surface area contributed by atoms with Crippen LogP contribution < -0.4 is 5.73 Å². The molecule has 0 radical (unpaired) electrons. The molecule has 0 saturated heterocycles. The highest BCUT2D eigenvalue weighted by atomic mass is 35.5. The van der Waals surface area contributed by atoms with Crippen molar-refractivity contribution in [1.29, 1.82) is 0 Å². The molecule has 0 aliphatic carbocycles. The van der Waals surface area contributed by atoms with Crippen molar-refractivity contribution in [3.63, 3.8) is 0 Å². The van der Waals surface area contributed by atoms with Gasteiger partial charge in [0, 0.05) is 0 Å². The van der Waals surface area contributed by atoms with E-state index in [1.165, 1.54) is 6.26 Å². The Balaban J connectivity index is 0.000000810. The van der Waals surface area contributed by atoms with Gasteiger partial charge in [0.1, 0.15) is 12.4 Å². The highest BCUT2D eigenvalue weighted by molar-refractivity contribution is 5.85. The molecule has 0 amide bonds. The number of hydrogen-bond donors (Lipinski definition) is 1. The summed E-state index contributed by atoms with van der Waals surface area (Å²) in [5, 5.41) is 0. The van der Waals surface area contributed by atoms with Crippen molar-refractivity contribution in [3.8, 4) is 0 Å². The number of rotatable bonds is 2. The Morgan fingerprint density at radius 1 is 1.70 bits per heavy atom. The minimum atomic E-state index is -0.597. The minimum Gasteiger partial charge on any atom is -0.468 e. The number of hydrogen-bond acceptors (Lipinski definition) is 2. The summed E-state index contributed by atoms with van der Waals surface area (Å²) in [4.78, 5) is 0. The molecule has 58 valence electrons. The summed E-state index contributed by atoms with van der Waals surface area (Å²) in [6.07, 6.45) is 1.48. The molecule has 0 aliphatic rings. The van der Waals surface area contributed by atoms with Gasteiger partial charge in [-0.1, -0.05) is 0 Å². The molecule has 10 heavy (non-hydrogen) atoms. The SMILES string of the molecule is Cl.N[C@@H](CF)c1ccco1. The predicted octanol–water partition coefficient (Wildman–Crippen LogP) is 1.67. The number of nitrogens with two attached hydrogens (primary N) is 1. The van der Waals surface area contributed by atoms with Crippen LogP contribution in [0.3, 0.4) is 0 Å². The second-order valence-corrected chi connectivity index (χ2v) is 1.78. The molecule has 1 rings (SSSR count). The average molecular weight is 166 g/mol. The molecule has 2 N–H and O–H groups in total. The smallest absolute Gasteiger partial charge is 0.123 e. The maximum atomic E-state index is 11.8. The maximum absolute atomic E-state index is 11.8. The summed E-state index contributed by atoms with van der Waals surface area (Å²) in [5.41, 5.74) is 5.27. The number of alkyl halides is 1. The third-order valence-electron chi connectivity index (χ3n) is 1.07. The Morgan fingerprint density at radius 2 is 2.40 bits per heavy atom. The van der Waals surface area contributed by atoms with Gasteiger partial charge in [-0.2, -0.15) is 0 Å². The Bertz CT molecular complexity index is 166. The van der Waals surface area contributed by atoms with Crippen molar-refractivity contribution in [1.82, 2.24) is 0 Å². The summed E-state index contributed by atoms with van der Waals surface area (Å²) in [5.74, 6) is 0.498. The molecule has 1 heterocycles. The fourth-order valence-electron chi connectivity index (χ4n) is 0.578. The van der Waals surface area contributed by atoms with Gasteiger partial charge in [0.15, 0.2) is 0 Å². The maximum Gasteiger partial charge on any atom is 0.123 e. The van der Waals surface area contributed by atoms with Crippen LogP contribution in [0.4, 0.5) is 4.39 Å². The Kier molecular flexibility index (Phi) is 4.07. The lowest BCUT2D eigenvalue weighted by Crippen LogP contribution is -2.10. The first kappa shape index (κ1) is 9.46. The van der Waals surface area contributed by atoms with Crippen LogP contribution in [0.5, 0.6) is 0 Å². The summed E-state index contributed by atoms with van der Waals surface area (Å²) < 4.78 is 16.6. The zero-order valence-corrected chi connectivity index (χ0v) is 6.10. The zero-order chi connectivity index (χ0) is 6.69. The first-order valence-corrected chi connectivity index (χ1v) is 2.69. The van der Waals surface area contributed by atoms with Crippen LogP contribution in [0.2, 0.25) is 0 Å². The van der Waals surface area contributed by atoms with E-state index in [0.29, 0.717) is 5.76 Å². The van der Waals surface area contributed by atoms with Gasteiger partial charge in [-0.15, -0.1) is 12.4 Å². The zero-order valence-electron chi connectivity index (χ0n) is 5.29. The molecule has 4 heteroatoms. The lowest BCUT2D eigenvalue weighted by atomic mass is 10.3. The molecule has 0 saturated carbocycles. The van der Waals surface area contributed by atoms with Gasteiger partial charge in [-0.25, -0.2) is 4.39 Å². The first-order chi connectivity index (χ1) is 4.34. The molecule has 0 spiro atoms. The Labute approximate surface area is 64.6 Å². The van der Waals surface area contributed by atoms with E-state index in [4.69, 9.17) is 10.2 Å². The minimum absolute atomic E-state index is 0. The van der Waals surface area contributed by atoms with E-state index in [1.54, 1.807) is 12.1 Å². The van der Waals surface area contributed by atoms with Crippen LogP contribution in [0, 0.1) is 0 Å². The normalized spacial score (nSPS) is 12.2. The number of furan rings is 1. The molecule has 0 unspecified atom stereocenters. The highest BCUT2D eigenvalue weighted by Gasteiger charge is 2.05. The van der Waals surface area contributed by atoms with E-state index in [0.717, 1.165) is 0 Å². The molecule has 1 aromatic heterocycles. The third-order valence-corrected chi connectivity index (χ3v) is 1.07. The van der Waals surface area contributed by atoms with E-state index < -0.39 is 12.7 Å². The molecule has 2 nitrogen and oxygen atoms in total.